The largest absolute Gasteiger partial charge is 0.493 e. The molecule has 1 aliphatic heterocycles. The van der Waals surface area contributed by atoms with Crippen molar-refractivity contribution < 1.29 is 22.3 Å². The lowest BCUT2D eigenvalue weighted by atomic mass is 9.91. The molecule has 0 unspecified atom stereocenters. The van der Waals surface area contributed by atoms with Crippen LogP contribution in [0.5, 0.6) is 11.5 Å². The number of nitrogens with one attached hydrogen (secondary N) is 1. The maximum Gasteiger partial charge on any atom is 0.211 e. The summed E-state index contributed by atoms with van der Waals surface area (Å²) in [5.41, 5.74) is 0.845. The van der Waals surface area contributed by atoms with Crippen LogP contribution in [0.15, 0.2) is 36.7 Å². The normalized spacial score (nSPS) is 21.4. The van der Waals surface area contributed by atoms with E-state index in [9.17, 15) is 12.8 Å². The number of ether oxygens (including phenoxy) is 2. The quantitative estimate of drug-likeness (QED) is 0.451. The van der Waals surface area contributed by atoms with Gasteiger partial charge in [0, 0.05) is 43.7 Å². The Morgan fingerprint density at radius 2 is 1.79 bits per heavy atom. The van der Waals surface area contributed by atoms with Gasteiger partial charge in [-0.05, 0) is 43.9 Å². The zero-order valence-electron chi connectivity index (χ0n) is 21.4. The molecule has 1 N–H and O–H groups in total. The van der Waals surface area contributed by atoms with E-state index in [4.69, 9.17) is 21.1 Å². The Labute approximate surface area is 227 Å². The van der Waals surface area contributed by atoms with Crippen LogP contribution in [0, 0.1) is 5.82 Å². The smallest absolute Gasteiger partial charge is 0.211 e. The Balaban J connectivity index is 1.28. The second-order valence-corrected chi connectivity index (χ2v) is 12.1. The summed E-state index contributed by atoms with van der Waals surface area (Å²) in [6.07, 6.45) is 6.40. The number of piperazine rings is 1. The van der Waals surface area contributed by atoms with E-state index in [0.717, 1.165) is 38.8 Å². The lowest BCUT2D eigenvalue weighted by molar-refractivity contribution is 0.0679. The third-order valence-corrected chi connectivity index (χ3v) is 8.92. The zero-order chi connectivity index (χ0) is 26.9. The molecule has 1 aromatic heterocycles. The van der Waals surface area contributed by atoms with E-state index in [-0.39, 0.29) is 16.8 Å². The molecule has 0 atom stereocenters. The minimum atomic E-state index is -3.13. The van der Waals surface area contributed by atoms with Gasteiger partial charge in [0.25, 0.3) is 0 Å². The highest BCUT2D eigenvalue weighted by atomic mass is 35.5. The van der Waals surface area contributed by atoms with E-state index in [1.54, 1.807) is 29.6 Å². The molecular formula is C26H31ClFN5O4S. The van der Waals surface area contributed by atoms with Crippen LogP contribution in [0.25, 0.3) is 10.9 Å². The van der Waals surface area contributed by atoms with Crippen LogP contribution >= 0.6 is 11.6 Å². The maximum atomic E-state index is 14.5. The van der Waals surface area contributed by atoms with Crippen molar-refractivity contribution in [3.63, 3.8) is 0 Å². The number of methoxy groups -OCH3 is 1. The van der Waals surface area contributed by atoms with Crippen molar-refractivity contribution in [3.05, 3.63) is 47.5 Å². The average Bonchev–Trinajstić information content (AvgIpc) is 2.91. The van der Waals surface area contributed by atoms with Crippen LogP contribution in [0.3, 0.4) is 0 Å². The van der Waals surface area contributed by atoms with Crippen molar-refractivity contribution in [2.75, 3.05) is 44.9 Å². The van der Waals surface area contributed by atoms with Crippen molar-refractivity contribution in [3.8, 4) is 11.5 Å². The molecule has 38 heavy (non-hydrogen) atoms. The minimum Gasteiger partial charge on any atom is -0.493 e. The topological polar surface area (TPSA) is 96.9 Å². The first-order valence-electron chi connectivity index (χ1n) is 12.6. The van der Waals surface area contributed by atoms with Gasteiger partial charge in [-0.15, -0.1) is 0 Å². The molecular weight excluding hydrogens is 533 g/mol. The maximum absolute atomic E-state index is 14.5. The molecule has 2 fully saturated rings. The Bertz CT molecular complexity index is 1410. The van der Waals surface area contributed by atoms with Gasteiger partial charge in [-0.3, -0.25) is 4.90 Å². The first kappa shape index (κ1) is 26.9. The Hall–Kier alpha value is -2.73. The van der Waals surface area contributed by atoms with Crippen LogP contribution in [-0.2, 0) is 10.0 Å². The predicted octanol–water partition coefficient (Wildman–Crippen LogP) is 4.44. The molecule has 0 spiro atoms. The lowest BCUT2D eigenvalue weighted by Crippen LogP contribution is -2.52. The van der Waals surface area contributed by atoms with Crippen LogP contribution in [-0.4, -0.2) is 79.3 Å². The molecule has 204 valence electrons. The fourth-order valence-electron chi connectivity index (χ4n) is 5.25. The van der Waals surface area contributed by atoms with E-state index < -0.39 is 15.8 Å². The van der Waals surface area contributed by atoms with Gasteiger partial charge in [0.15, 0.2) is 17.3 Å². The standard InChI is InChI=1S/C26H31ClFN5O4S/c1-36-23-15-22-19(26(30-16-29-22)31-21-5-3-4-20(27)25(21)28)14-24(23)37-18-8-6-17(7-9-18)32-10-12-33(13-11-32)38(2,34)35/h3-5,14-18H,6-13H2,1-2H3,(H,29,30,31)/t17-,18-. The average molecular weight is 564 g/mol. The molecule has 3 aromatic rings. The van der Waals surface area contributed by atoms with Gasteiger partial charge in [0.05, 0.1) is 35.7 Å². The number of halogens is 2. The van der Waals surface area contributed by atoms with Gasteiger partial charge < -0.3 is 14.8 Å². The highest BCUT2D eigenvalue weighted by molar-refractivity contribution is 7.88. The summed E-state index contributed by atoms with van der Waals surface area (Å²) in [5, 5.41) is 3.71. The fraction of sp³-hybridized carbons (Fsp3) is 0.462. The second kappa shape index (κ2) is 11.2. The van der Waals surface area contributed by atoms with Crippen LogP contribution < -0.4 is 14.8 Å². The first-order chi connectivity index (χ1) is 18.2. The monoisotopic (exact) mass is 563 g/mol. The van der Waals surface area contributed by atoms with Gasteiger partial charge in [0.1, 0.15) is 12.1 Å². The summed E-state index contributed by atoms with van der Waals surface area (Å²) in [5.74, 6) is 1.02. The molecule has 12 heteroatoms. The number of aromatic nitrogens is 2. The van der Waals surface area contributed by atoms with E-state index in [0.29, 0.717) is 47.4 Å². The third kappa shape index (κ3) is 5.80. The number of benzene rings is 2. The van der Waals surface area contributed by atoms with E-state index in [1.807, 2.05) is 6.07 Å². The molecule has 0 radical (unpaired) electrons. The van der Waals surface area contributed by atoms with Crippen molar-refractivity contribution >= 4 is 44.0 Å². The first-order valence-corrected chi connectivity index (χ1v) is 14.8. The fourth-order valence-corrected chi connectivity index (χ4v) is 6.25. The number of nitrogens with zero attached hydrogens (tertiary/aromatic N) is 4. The van der Waals surface area contributed by atoms with Crippen LogP contribution in [0.1, 0.15) is 25.7 Å². The van der Waals surface area contributed by atoms with Crippen LogP contribution in [0.4, 0.5) is 15.9 Å². The molecule has 2 heterocycles. The molecule has 1 aliphatic carbocycles. The van der Waals surface area contributed by atoms with Gasteiger partial charge in [0.2, 0.25) is 10.0 Å². The van der Waals surface area contributed by atoms with Crippen molar-refractivity contribution in [2.45, 2.75) is 37.8 Å². The van der Waals surface area contributed by atoms with Crippen LogP contribution in [0.2, 0.25) is 5.02 Å². The number of rotatable bonds is 7. The highest BCUT2D eigenvalue weighted by Crippen LogP contribution is 2.38. The summed E-state index contributed by atoms with van der Waals surface area (Å²) in [7, 11) is -1.55. The molecule has 5 rings (SSSR count). The van der Waals surface area contributed by atoms with Crippen molar-refractivity contribution in [1.82, 2.24) is 19.2 Å². The number of hydrogen-bond donors (Lipinski definition) is 1. The summed E-state index contributed by atoms with van der Waals surface area (Å²) >= 11 is 5.94. The molecule has 2 aliphatic rings. The molecule has 1 saturated heterocycles. The second-order valence-electron chi connectivity index (χ2n) is 9.72. The number of hydrogen-bond acceptors (Lipinski definition) is 8. The van der Waals surface area contributed by atoms with Crippen molar-refractivity contribution in [1.29, 1.82) is 0 Å². The van der Waals surface area contributed by atoms with Gasteiger partial charge in [-0.1, -0.05) is 17.7 Å². The third-order valence-electron chi connectivity index (χ3n) is 7.32. The summed E-state index contributed by atoms with van der Waals surface area (Å²) < 4.78 is 51.7. The Kier molecular flexibility index (Phi) is 7.90. The van der Waals surface area contributed by atoms with Gasteiger partial charge in [-0.25, -0.2) is 22.8 Å². The summed E-state index contributed by atoms with van der Waals surface area (Å²) in [4.78, 5) is 11.1. The molecule has 0 amide bonds. The highest BCUT2D eigenvalue weighted by Gasteiger charge is 2.31. The molecule has 9 nitrogen and oxygen atoms in total. The van der Waals surface area contributed by atoms with Gasteiger partial charge >= 0.3 is 0 Å². The van der Waals surface area contributed by atoms with Crippen molar-refractivity contribution in [2.24, 2.45) is 0 Å². The van der Waals surface area contributed by atoms with E-state index in [2.05, 4.69) is 20.2 Å². The van der Waals surface area contributed by atoms with E-state index in [1.165, 1.54) is 18.6 Å². The predicted molar refractivity (Wildman–Crippen MR) is 145 cm³/mol. The Morgan fingerprint density at radius 1 is 1.05 bits per heavy atom. The number of fused-ring (bicyclic) bond motifs is 1. The lowest BCUT2D eigenvalue weighted by Gasteiger charge is -2.41. The summed E-state index contributed by atoms with van der Waals surface area (Å²) in [6, 6.07) is 8.79. The SMILES string of the molecule is COc1cc2ncnc(Nc3cccc(Cl)c3F)c2cc1O[C@H]1CC[C@H](N2CCN(S(C)(=O)=O)CC2)CC1. The van der Waals surface area contributed by atoms with Gasteiger partial charge in [-0.2, -0.15) is 4.31 Å². The molecule has 1 saturated carbocycles. The number of anilines is 2. The summed E-state index contributed by atoms with van der Waals surface area (Å²) in [6.45, 7) is 2.59. The minimum absolute atomic E-state index is 0.0151. The molecule has 0 bridgehead atoms. The molecule has 2 aromatic carbocycles. The number of sulfonamides is 1. The Morgan fingerprint density at radius 3 is 2.47 bits per heavy atom. The van der Waals surface area contributed by atoms with E-state index >= 15 is 0 Å². The zero-order valence-corrected chi connectivity index (χ0v) is 22.9.